The Kier molecular flexibility index (Phi) is 8.76. The second kappa shape index (κ2) is 15.1. The molecule has 12 rings (SSSR count). The number of furan rings is 1. The first kappa shape index (κ1) is 36.6. The predicted octanol–water partition coefficient (Wildman–Crippen LogP) is 16.4. The second-order valence-electron chi connectivity index (χ2n) is 16.4. The van der Waals surface area contributed by atoms with Gasteiger partial charge in [-0.15, -0.1) is 0 Å². The van der Waals surface area contributed by atoms with E-state index in [4.69, 9.17) is 4.42 Å². The topological polar surface area (TPSA) is 16.4 Å². The first-order valence-corrected chi connectivity index (χ1v) is 21.7. The quantitative estimate of drug-likeness (QED) is 0.152. The summed E-state index contributed by atoms with van der Waals surface area (Å²) in [6.45, 7) is 0. The summed E-state index contributed by atoms with van der Waals surface area (Å²) in [6, 6.07) is 90.1. The lowest BCUT2D eigenvalue weighted by atomic mass is 9.68. The molecule has 10 aromatic carbocycles. The van der Waals surface area contributed by atoms with Gasteiger partial charge in [-0.05, 0) is 104 Å². The zero-order valence-corrected chi connectivity index (χ0v) is 34.5. The SMILES string of the molecule is c1ccc(-c2ccc(-c3ccc(N(c4ccc(-c5cccc6c5oc5ccccc56)cc4)c4ccc(C5(c6ccccc6)c6ccccc6-c6ccccc65)cc4)cc3)cc2)cc1. The summed E-state index contributed by atoms with van der Waals surface area (Å²) >= 11 is 0. The van der Waals surface area contributed by atoms with Gasteiger partial charge in [0.05, 0.1) is 5.41 Å². The zero-order chi connectivity index (χ0) is 41.7. The van der Waals surface area contributed by atoms with Gasteiger partial charge < -0.3 is 9.32 Å². The molecule has 11 aromatic rings. The van der Waals surface area contributed by atoms with Crippen LogP contribution in [0.2, 0.25) is 0 Å². The number of nitrogens with zero attached hydrogens (tertiary/aromatic N) is 1. The van der Waals surface area contributed by atoms with Crippen LogP contribution < -0.4 is 4.90 Å². The van der Waals surface area contributed by atoms with Crippen molar-refractivity contribution in [1.82, 2.24) is 0 Å². The first-order valence-electron chi connectivity index (χ1n) is 21.7. The van der Waals surface area contributed by atoms with E-state index >= 15 is 0 Å². The van der Waals surface area contributed by atoms with Crippen molar-refractivity contribution >= 4 is 39.0 Å². The molecule has 1 aromatic heterocycles. The Hall–Kier alpha value is -8.20. The molecule has 1 aliphatic carbocycles. The summed E-state index contributed by atoms with van der Waals surface area (Å²) in [4.78, 5) is 2.36. The molecule has 63 heavy (non-hydrogen) atoms. The zero-order valence-electron chi connectivity index (χ0n) is 34.5. The summed E-state index contributed by atoms with van der Waals surface area (Å²) < 4.78 is 6.46. The average molecular weight is 804 g/mol. The maximum Gasteiger partial charge on any atom is 0.143 e. The molecule has 0 unspecified atom stereocenters. The van der Waals surface area contributed by atoms with Crippen LogP contribution in [0.1, 0.15) is 22.3 Å². The minimum Gasteiger partial charge on any atom is -0.455 e. The maximum atomic E-state index is 6.46. The van der Waals surface area contributed by atoms with Crippen LogP contribution in [0.3, 0.4) is 0 Å². The van der Waals surface area contributed by atoms with Crippen LogP contribution in [0.4, 0.5) is 17.1 Å². The van der Waals surface area contributed by atoms with Gasteiger partial charge in [0.2, 0.25) is 0 Å². The van der Waals surface area contributed by atoms with Gasteiger partial charge in [-0.1, -0.05) is 206 Å². The van der Waals surface area contributed by atoms with Crippen molar-refractivity contribution in [2.75, 3.05) is 4.90 Å². The van der Waals surface area contributed by atoms with Crippen molar-refractivity contribution in [3.05, 3.63) is 271 Å². The average Bonchev–Trinajstić information content (AvgIpc) is 3.90. The lowest BCUT2D eigenvalue weighted by molar-refractivity contribution is 0.670. The summed E-state index contributed by atoms with van der Waals surface area (Å²) in [6.07, 6.45) is 0. The molecule has 0 N–H and O–H groups in total. The molecule has 2 heteroatoms. The van der Waals surface area contributed by atoms with E-state index in [0.29, 0.717) is 0 Å². The molecule has 296 valence electrons. The molecule has 0 fully saturated rings. The molecular formula is C61H41NO. The normalized spacial score (nSPS) is 12.6. The Morgan fingerprint density at radius 2 is 0.698 bits per heavy atom. The first-order chi connectivity index (χ1) is 31.2. The number of hydrogen-bond acceptors (Lipinski definition) is 2. The molecule has 0 aliphatic heterocycles. The molecule has 0 spiro atoms. The molecule has 0 saturated heterocycles. The second-order valence-corrected chi connectivity index (χ2v) is 16.4. The molecular weight excluding hydrogens is 763 g/mol. The van der Waals surface area contributed by atoms with Gasteiger partial charge in [-0.2, -0.15) is 0 Å². The third-order valence-corrected chi connectivity index (χ3v) is 13.0. The van der Waals surface area contributed by atoms with E-state index in [0.717, 1.165) is 50.1 Å². The van der Waals surface area contributed by atoms with E-state index in [1.165, 1.54) is 55.6 Å². The van der Waals surface area contributed by atoms with Gasteiger partial charge in [0.1, 0.15) is 11.2 Å². The van der Waals surface area contributed by atoms with E-state index in [1.807, 2.05) is 12.1 Å². The largest absolute Gasteiger partial charge is 0.455 e. The monoisotopic (exact) mass is 803 g/mol. The van der Waals surface area contributed by atoms with Crippen molar-refractivity contribution in [1.29, 1.82) is 0 Å². The lowest BCUT2D eigenvalue weighted by Gasteiger charge is -2.34. The Labute approximate surface area is 367 Å². The summed E-state index contributed by atoms with van der Waals surface area (Å²) in [7, 11) is 0. The van der Waals surface area contributed by atoms with Crippen molar-refractivity contribution in [2.45, 2.75) is 5.41 Å². The van der Waals surface area contributed by atoms with Gasteiger partial charge in [-0.25, -0.2) is 0 Å². The highest BCUT2D eigenvalue weighted by Crippen LogP contribution is 2.56. The molecule has 0 radical (unpaired) electrons. The lowest BCUT2D eigenvalue weighted by Crippen LogP contribution is -2.28. The molecule has 2 nitrogen and oxygen atoms in total. The van der Waals surface area contributed by atoms with Crippen LogP contribution in [-0.4, -0.2) is 0 Å². The third-order valence-electron chi connectivity index (χ3n) is 13.0. The molecule has 1 aliphatic rings. The van der Waals surface area contributed by atoms with Gasteiger partial charge in [0, 0.05) is 33.4 Å². The maximum absolute atomic E-state index is 6.46. The predicted molar refractivity (Wildman–Crippen MR) is 262 cm³/mol. The summed E-state index contributed by atoms with van der Waals surface area (Å²) in [5.74, 6) is 0. The van der Waals surface area contributed by atoms with Gasteiger partial charge in [0.15, 0.2) is 0 Å². The standard InChI is InChI=1S/C61H41NO/c1-3-14-42(15-4-1)43-26-28-44(29-27-43)45-30-36-49(37-31-45)62(50-38-32-46(33-39-50)52-21-13-22-56-55-20-9-12-25-59(55)63-60(52)56)51-40-34-48(35-41-51)61(47-16-5-2-6-17-47)57-23-10-7-18-53(57)54-19-8-11-24-58(54)61/h1-41H. The van der Waals surface area contributed by atoms with Crippen LogP contribution in [0, 0.1) is 0 Å². The van der Waals surface area contributed by atoms with Gasteiger partial charge in [-0.3, -0.25) is 0 Å². The molecule has 0 saturated carbocycles. The highest BCUT2D eigenvalue weighted by molar-refractivity contribution is 6.09. The van der Waals surface area contributed by atoms with E-state index in [9.17, 15) is 0 Å². The highest BCUT2D eigenvalue weighted by Gasteiger charge is 2.45. The van der Waals surface area contributed by atoms with Crippen LogP contribution in [-0.2, 0) is 5.41 Å². The number of anilines is 3. The number of hydrogen-bond donors (Lipinski definition) is 0. The van der Waals surface area contributed by atoms with E-state index in [-0.39, 0.29) is 0 Å². The Bertz CT molecular complexity index is 3360. The van der Waals surface area contributed by atoms with E-state index in [2.05, 4.69) is 241 Å². The number of benzene rings is 10. The van der Waals surface area contributed by atoms with Crippen LogP contribution >= 0.6 is 0 Å². The molecule has 1 heterocycles. The van der Waals surface area contributed by atoms with E-state index in [1.54, 1.807) is 0 Å². The van der Waals surface area contributed by atoms with Crippen LogP contribution in [0.15, 0.2) is 253 Å². The number of rotatable bonds is 8. The van der Waals surface area contributed by atoms with Crippen LogP contribution in [0.25, 0.3) is 66.4 Å². The fourth-order valence-corrected chi connectivity index (χ4v) is 10.1. The molecule has 0 amide bonds. The minimum absolute atomic E-state index is 0.463. The van der Waals surface area contributed by atoms with Crippen molar-refractivity contribution in [3.8, 4) is 44.5 Å². The Morgan fingerprint density at radius 1 is 0.286 bits per heavy atom. The summed E-state index contributed by atoms with van der Waals surface area (Å²) in [5.41, 5.74) is 19.2. The Balaban J connectivity index is 0.965. The molecule has 0 bridgehead atoms. The van der Waals surface area contributed by atoms with Gasteiger partial charge in [0.25, 0.3) is 0 Å². The van der Waals surface area contributed by atoms with Crippen molar-refractivity contribution in [3.63, 3.8) is 0 Å². The Morgan fingerprint density at radius 3 is 1.30 bits per heavy atom. The van der Waals surface area contributed by atoms with Crippen molar-refractivity contribution < 1.29 is 4.42 Å². The molecule has 0 atom stereocenters. The van der Waals surface area contributed by atoms with Crippen molar-refractivity contribution in [2.24, 2.45) is 0 Å². The smallest absolute Gasteiger partial charge is 0.143 e. The highest BCUT2D eigenvalue weighted by atomic mass is 16.3. The summed E-state index contributed by atoms with van der Waals surface area (Å²) in [5, 5.41) is 2.26. The number of fused-ring (bicyclic) bond motifs is 6. The van der Waals surface area contributed by atoms with Gasteiger partial charge >= 0.3 is 0 Å². The van der Waals surface area contributed by atoms with E-state index < -0.39 is 5.41 Å². The third kappa shape index (κ3) is 6.02. The van der Waals surface area contributed by atoms with Crippen LogP contribution in [0.5, 0.6) is 0 Å². The number of para-hydroxylation sites is 2. The minimum atomic E-state index is -0.463. The fraction of sp³-hybridized carbons (Fsp3) is 0.0164. The fourth-order valence-electron chi connectivity index (χ4n) is 10.1.